The number of nitriles is 1. The van der Waals surface area contributed by atoms with E-state index in [0.717, 1.165) is 36.0 Å². The van der Waals surface area contributed by atoms with Crippen LogP contribution in [-0.4, -0.2) is 40.4 Å². The summed E-state index contributed by atoms with van der Waals surface area (Å²) < 4.78 is 1.53. The number of hydrogen-bond acceptors (Lipinski definition) is 7. The van der Waals surface area contributed by atoms with Crippen molar-refractivity contribution in [3.63, 3.8) is 0 Å². The van der Waals surface area contributed by atoms with Crippen LogP contribution in [0, 0.1) is 11.3 Å². The summed E-state index contributed by atoms with van der Waals surface area (Å²) in [4.78, 5) is 28.4. The number of para-hydroxylation sites is 2. The third-order valence-corrected chi connectivity index (χ3v) is 5.62. The Kier molecular flexibility index (Phi) is 5.90. The average Bonchev–Trinajstić information content (AvgIpc) is 3.18. The molecule has 3 rings (SSSR count). The maximum Gasteiger partial charge on any atom is 0.343 e. The van der Waals surface area contributed by atoms with E-state index in [1.165, 1.54) is 4.57 Å². The van der Waals surface area contributed by atoms with Crippen molar-refractivity contribution < 1.29 is 4.79 Å². The number of ketones is 1. The molecule has 0 radical (unpaired) electrons. The fraction of sp³-hybridized carbons (Fsp3) is 0.368. The molecule has 0 bridgehead atoms. The van der Waals surface area contributed by atoms with Gasteiger partial charge in [0.2, 0.25) is 0 Å². The summed E-state index contributed by atoms with van der Waals surface area (Å²) in [5, 5.41) is 16.6. The van der Waals surface area contributed by atoms with Gasteiger partial charge in [0.1, 0.15) is 17.5 Å². The van der Waals surface area contributed by atoms with Gasteiger partial charge in [0.25, 0.3) is 0 Å². The van der Waals surface area contributed by atoms with E-state index in [9.17, 15) is 14.9 Å². The predicted molar refractivity (Wildman–Crippen MR) is 109 cm³/mol. The number of allylic oxidation sites excluding steroid dienone is 1. The van der Waals surface area contributed by atoms with Crippen molar-refractivity contribution in [2.75, 3.05) is 29.6 Å². The highest BCUT2D eigenvalue weighted by Gasteiger charge is 2.31. The van der Waals surface area contributed by atoms with Gasteiger partial charge in [-0.3, -0.25) is 9.36 Å². The minimum atomic E-state index is -0.300. The van der Waals surface area contributed by atoms with Gasteiger partial charge in [0.05, 0.1) is 17.1 Å². The summed E-state index contributed by atoms with van der Waals surface area (Å²) in [6, 6.07) is 9.80. The Labute approximate surface area is 167 Å². The number of nitrogens with one attached hydrogen (secondary N) is 1. The monoisotopic (exact) mass is 398 g/mol. The van der Waals surface area contributed by atoms with Gasteiger partial charge in [-0.25, -0.2) is 9.89 Å². The molecule has 0 aliphatic carbocycles. The van der Waals surface area contributed by atoms with Gasteiger partial charge in [0, 0.05) is 20.6 Å². The van der Waals surface area contributed by atoms with Crippen LogP contribution in [0.5, 0.6) is 0 Å². The Balaban J connectivity index is 1.82. The van der Waals surface area contributed by atoms with Crippen LogP contribution in [0.3, 0.4) is 0 Å². The van der Waals surface area contributed by atoms with Crippen LogP contribution in [-0.2, 0) is 11.3 Å². The third-order valence-electron chi connectivity index (χ3n) is 4.64. The van der Waals surface area contributed by atoms with E-state index in [0.29, 0.717) is 17.5 Å². The van der Waals surface area contributed by atoms with E-state index < -0.39 is 0 Å². The summed E-state index contributed by atoms with van der Waals surface area (Å²) in [6.45, 7) is 2.59. The number of H-pyrrole nitrogens is 1. The fourth-order valence-corrected chi connectivity index (χ4v) is 4.03. The molecule has 0 unspecified atom stereocenters. The van der Waals surface area contributed by atoms with Crippen molar-refractivity contribution in [1.82, 2.24) is 14.8 Å². The van der Waals surface area contributed by atoms with Gasteiger partial charge in [-0.1, -0.05) is 37.2 Å². The first-order chi connectivity index (χ1) is 13.5. The molecule has 0 spiro atoms. The van der Waals surface area contributed by atoms with Crippen LogP contribution in [0.1, 0.15) is 19.8 Å². The van der Waals surface area contributed by atoms with Gasteiger partial charge >= 0.3 is 5.69 Å². The Morgan fingerprint density at radius 3 is 2.46 bits per heavy atom. The second-order valence-corrected chi connectivity index (χ2v) is 7.39. The molecule has 9 heteroatoms. The van der Waals surface area contributed by atoms with Crippen molar-refractivity contribution >= 4 is 28.9 Å². The molecule has 1 aromatic heterocycles. The number of thioether (sulfide) groups is 1. The van der Waals surface area contributed by atoms with Crippen molar-refractivity contribution in [1.29, 1.82) is 5.26 Å². The largest absolute Gasteiger partial charge is 0.343 e. The smallest absolute Gasteiger partial charge is 0.328 e. The fourth-order valence-electron chi connectivity index (χ4n) is 3.19. The lowest BCUT2D eigenvalue weighted by Crippen LogP contribution is -2.26. The second kappa shape index (κ2) is 8.35. The van der Waals surface area contributed by atoms with E-state index in [-0.39, 0.29) is 22.8 Å². The zero-order valence-electron chi connectivity index (χ0n) is 16.1. The van der Waals surface area contributed by atoms with Gasteiger partial charge in [-0.05, 0) is 18.6 Å². The molecule has 1 aromatic carbocycles. The highest BCUT2D eigenvalue weighted by molar-refractivity contribution is 7.99. The molecular formula is C19H22N6O2S. The molecule has 0 amide bonds. The highest BCUT2D eigenvalue weighted by atomic mass is 32.2. The van der Waals surface area contributed by atoms with Crippen molar-refractivity contribution in [3.8, 4) is 6.07 Å². The van der Waals surface area contributed by atoms with E-state index in [4.69, 9.17) is 0 Å². The topological polar surface area (TPSA) is 98.0 Å². The molecule has 1 aliphatic heterocycles. The number of benzene rings is 1. The lowest BCUT2D eigenvalue weighted by atomic mass is 10.2. The summed E-state index contributed by atoms with van der Waals surface area (Å²) in [5.74, 6) is 0.284. The first-order valence-electron chi connectivity index (χ1n) is 9.01. The van der Waals surface area contributed by atoms with Gasteiger partial charge < -0.3 is 9.80 Å². The Bertz CT molecular complexity index is 985. The summed E-state index contributed by atoms with van der Waals surface area (Å²) in [7, 11) is 3.68. The number of rotatable bonds is 7. The number of aromatic nitrogens is 3. The standard InChI is InChI=1S/C19H22N6O2S/c1-4-5-10-25-18(27)21-22-19(25)28-12-16(26)13(11-20)17-23(2)14-8-6-7-9-15(14)24(17)3/h6-9H,4-5,10,12H2,1-3H3,(H,21,27). The molecule has 0 saturated heterocycles. The van der Waals surface area contributed by atoms with Crippen LogP contribution >= 0.6 is 11.8 Å². The number of Topliss-reactive ketones (excluding diaryl/α,β-unsaturated/α-hetero) is 1. The van der Waals surface area contributed by atoms with E-state index in [2.05, 4.69) is 16.3 Å². The Hall–Kier alpha value is -2.99. The molecular weight excluding hydrogens is 376 g/mol. The lowest BCUT2D eigenvalue weighted by Gasteiger charge is -2.19. The van der Waals surface area contributed by atoms with Crippen LogP contribution in [0.4, 0.5) is 11.4 Å². The minimum Gasteiger partial charge on any atom is -0.328 e. The number of carbonyl (C=O) groups is 1. The maximum atomic E-state index is 12.8. The summed E-state index contributed by atoms with van der Waals surface area (Å²) in [6.07, 6.45) is 1.80. The molecule has 2 heterocycles. The zero-order chi connectivity index (χ0) is 20.3. The highest BCUT2D eigenvalue weighted by Crippen LogP contribution is 2.40. The lowest BCUT2D eigenvalue weighted by molar-refractivity contribution is -0.112. The van der Waals surface area contributed by atoms with Gasteiger partial charge in [0.15, 0.2) is 10.9 Å². The summed E-state index contributed by atoms with van der Waals surface area (Å²) >= 11 is 1.16. The van der Waals surface area contributed by atoms with Crippen LogP contribution < -0.4 is 15.5 Å². The van der Waals surface area contributed by atoms with E-state index in [1.54, 1.807) is 0 Å². The quantitative estimate of drug-likeness (QED) is 0.434. The number of fused-ring (bicyclic) bond motifs is 1. The molecule has 0 fully saturated rings. The maximum absolute atomic E-state index is 12.8. The first-order valence-corrected chi connectivity index (χ1v) is 10.00. The Morgan fingerprint density at radius 2 is 1.89 bits per heavy atom. The van der Waals surface area contributed by atoms with E-state index >= 15 is 0 Å². The number of unbranched alkanes of at least 4 members (excludes halogenated alkanes) is 1. The molecule has 0 saturated carbocycles. The van der Waals surface area contributed by atoms with Crippen molar-refractivity contribution in [3.05, 3.63) is 46.1 Å². The summed E-state index contributed by atoms with van der Waals surface area (Å²) in [5.41, 5.74) is 1.68. The SMILES string of the molecule is CCCCn1c(SCC(=O)C(C#N)=C2N(C)c3ccccc3N2C)n[nH]c1=O. The van der Waals surface area contributed by atoms with Crippen LogP contribution in [0.15, 0.2) is 45.6 Å². The van der Waals surface area contributed by atoms with E-state index in [1.807, 2.05) is 55.1 Å². The minimum absolute atomic E-state index is 0.0286. The van der Waals surface area contributed by atoms with Gasteiger partial charge in [-0.2, -0.15) is 5.26 Å². The predicted octanol–water partition coefficient (Wildman–Crippen LogP) is 2.35. The van der Waals surface area contributed by atoms with Crippen LogP contribution in [0.25, 0.3) is 0 Å². The molecule has 1 N–H and O–H groups in total. The Morgan fingerprint density at radius 1 is 1.25 bits per heavy atom. The van der Waals surface area contributed by atoms with Gasteiger partial charge in [-0.15, -0.1) is 5.10 Å². The molecule has 146 valence electrons. The number of anilines is 2. The molecule has 28 heavy (non-hydrogen) atoms. The zero-order valence-corrected chi connectivity index (χ0v) is 16.9. The second-order valence-electron chi connectivity index (χ2n) is 6.45. The number of aromatic amines is 1. The van der Waals surface area contributed by atoms with Crippen molar-refractivity contribution in [2.24, 2.45) is 0 Å². The molecule has 0 atom stereocenters. The molecule has 8 nitrogen and oxygen atoms in total. The third kappa shape index (κ3) is 3.55. The average molecular weight is 398 g/mol. The van der Waals surface area contributed by atoms with Crippen LogP contribution in [0.2, 0.25) is 0 Å². The first kappa shape index (κ1) is 19.8. The molecule has 1 aliphatic rings. The number of nitrogens with zero attached hydrogens (tertiary/aromatic N) is 5. The number of carbonyl (C=O) groups excluding carboxylic acids is 1. The number of hydrogen-bond donors (Lipinski definition) is 1. The molecule has 2 aromatic rings. The van der Waals surface area contributed by atoms with Crippen molar-refractivity contribution in [2.45, 2.75) is 31.5 Å². The normalized spacial score (nSPS) is 12.9.